The largest absolute Gasteiger partial charge is 0.323 e. The molecule has 2 rings (SSSR count). The van der Waals surface area contributed by atoms with E-state index < -0.39 is 5.91 Å². The maximum absolute atomic E-state index is 12.1. The van der Waals surface area contributed by atoms with Crippen molar-refractivity contribution in [2.75, 3.05) is 10.6 Å². The van der Waals surface area contributed by atoms with Crippen LogP contribution in [0.2, 0.25) is 0 Å². The first kappa shape index (κ1) is 18.1. The van der Waals surface area contributed by atoms with Crippen molar-refractivity contribution in [1.82, 2.24) is 0 Å². The van der Waals surface area contributed by atoms with Crippen molar-refractivity contribution < 1.29 is 14.4 Å². The van der Waals surface area contributed by atoms with Crippen molar-refractivity contribution in [3.63, 3.8) is 0 Å². The molecule has 0 radical (unpaired) electrons. The minimum Gasteiger partial charge on any atom is -0.323 e. The number of Topliss-reactive ketones (excluding diaryl/α,β-unsaturated/α-hetero) is 1. The second-order valence-corrected chi connectivity index (χ2v) is 5.77. The average Bonchev–Trinajstić information content (AvgIpc) is 2.57. The molecule has 0 aliphatic rings. The number of hydrogen-bond donors (Lipinski definition) is 2. The SMILES string of the molecule is CC(=O)c1ccc(NC(=O)/C=C(/C)C(=O)Nc2ccc(C)cc2)cc1. The van der Waals surface area contributed by atoms with E-state index in [1.165, 1.54) is 13.0 Å². The van der Waals surface area contributed by atoms with Crippen molar-refractivity contribution in [2.45, 2.75) is 20.8 Å². The van der Waals surface area contributed by atoms with Crippen molar-refractivity contribution in [1.29, 1.82) is 0 Å². The number of amides is 2. The van der Waals surface area contributed by atoms with Crippen LogP contribution in [0.15, 0.2) is 60.2 Å². The molecule has 0 spiro atoms. The Kier molecular flexibility index (Phi) is 5.84. The quantitative estimate of drug-likeness (QED) is 0.645. The van der Waals surface area contributed by atoms with Gasteiger partial charge in [0.15, 0.2) is 5.78 Å². The van der Waals surface area contributed by atoms with Gasteiger partial charge in [-0.05, 0) is 57.2 Å². The molecule has 2 aromatic rings. The van der Waals surface area contributed by atoms with Crippen LogP contribution in [0.1, 0.15) is 29.8 Å². The summed E-state index contributed by atoms with van der Waals surface area (Å²) in [5.41, 5.74) is 3.18. The lowest BCUT2D eigenvalue weighted by atomic mass is 10.1. The lowest BCUT2D eigenvalue weighted by Gasteiger charge is -2.07. The second-order valence-electron chi connectivity index (χ2n) is 5.77. The molecule has 128 valence electrons. The molecule has 25 heavy (non-hydrogen) atoms. The lowest BCUT2D eigenvalue weighted by molar-refractivity contribution is -0.114. The van der Waals surface area contributed by atoms with E-state index in [9.17, 15) is 14.4 Å². The molecule has 0 heterocycles. The fourth-order valence-corrected chi connectivity index (χ4v) is 2.10. The molecule has 0 atom stereocenters. The Labute approximate surface area is 146 Å². The zero-order valence-electron chi connectivity index (χ0n) is 14.4. The van der Waals surface area contributed by atoms with Crippen LogP contribution in [0, 0.1) is 6.92 Å². The van der Waals surface area contributed by atoms with E-state index in [-0.39, 0.29) is 11.7 Å². The average molecular weight is 336 g/mol. The highest BCUT2D eigenvalue weighted by molar-refractivity contribution is 6.10. The summed E-state index contributed by atoms with van der Waals surface area (Å²) >= 11 is 0. The summed E-state index contributed by atoms with van der Waals surface area (Å²) in [6.45, 7) is 5.01. The van der Waals surface area contributed by atoms with E-state index in [2.05, 4.69) is 10.6 Å². The molecular formula is C20H20N2O3. The van der Waals surface area contributed by atoms with Gasteiger partial charge in [0, 0.05) is 28.6 Å². The van der Waals surface area contributed by atoms with Gasteiger partial charge in [-0.15, -0.1) is 0 Å². The second kappa shape index (κ2) is 8.06. The van der Waals surface area contributed by atoms with E-state index in [1.54, 1.807) is 43.3 Å². The molecule has 0 aliphatic heterocycles. The predicted molar refractivity (Wildman–Crippen MR) is 98.6 cm³/mol. The van der Waals surface area contributed by atoms with Crippen LogP contribution < -0.4 is 10.6 Å². The summed E-state index contributed by atoms with van der Waals surface area (Å²) in [4.78, 5) is 35.3. The molecule has 0 saturated carbocycles. The monoisotopic (exact) mass is 336 g/mol. The van der Waals surface area contributed by atoms with Gasteiger partial charge in [0.05, 0.1) is 0 Å². The number of benzene rings is 2. The molecule has 0 aromatic heterocycles. The Morgan fingerprint density at radius 2 is 1.32 bits per heavy atom. The molecule has 0 unspecified atom stereocenters. The van der Waals surface area contributed by atoms with E-state index in [4.69, 9.17) is 0 Å². The molecule has 0 bridgehead atoms. The third-order valence-corrected chi connectivity index (χ3v) is 3.57. The Bertz CT molecular complexity index is 819. The Hall–Kier alpha value is -3.21. The minimum absolute atomic E-state index is 0.0404. The van der Waals surface area contributed by atoms with Gasteiger partial charge in [0.25, 0.3) is 5.91 Å². The molecule has 0 aliphatic carbocycles. The van der Waals surface area contributed by atoms with E-state index in [0.717, 1.165) is 5.56 Å². The first-order chi connectivity index (χ1) is 11.8. The minimum atomic E-state index is -0.410. The van der Waals surface area contributed by atoms with Gasteiger partial charge in [-0.25, -0.2) is 0 Å². The number of carbonyl (C=O) groups is 3. The van der Waals surface area contributed by atoms with Crippen LogP contribution in [-0.2, 0) is 9.59 Å². The number of rotatable bonds is 5. The maximum atomic E-state index is 12.1. The Morgan fingerprint density at radius 3 is 1.88 bits per heavy atom. The van der Waals surface area contributed by atoms with Gasteiger partial charge in [-0.2, -0.15) is 0 Å². The van der Waals surface area contributed by atoms with E-state index in [0.29, 0.717) is 22.5 Å². The normalized spacial score (nSPS) is 10.9. The summed E-state index contributed by atoms with van der Waals surface area (Å²) < 4.78 is 0. The van der Waals surface area contributed by atoms with E-state index in [1.807, 2.05) is 19.1 Å². The van der Waals surface area contributed by atoms with Gasteiger partial charge in [-0.1, -0.05) is 17.7 Å². The number of ketones is 1. The van der Waals surface area contributed by atoms with Crippen molar-refractivity contribution in [3.8, 4) is 0 Å². The summed E-state index contributed by atoms with van der Waals surface area (Å²) in [5.74, 6) is -0.792. The molecule has 2 amide bonds. The number of aryl methyl sites for hydroxylation is 1. The number of hydrogen-bond acceptors (Lipinski definition) is 3. The first-order valence-electron chi connectivity index (χ1n) is 7.83. The smallest absolute Gasteiger partial charge is 0.251 e. The number of carbonyl (C=O) groups excluding carboxylic acids is 3. The van der Waals surface area contributed by atoms with Gasteiger partial charge in [0.2, 0.25) is 5.91 Å². The lowest BCUT2D eigenvalue weighted by Crippen LogP contribution is -2.16. The van der Waals surface area contributed by atoms with Crippen molar-refractivity contribution >= 4 is 29.0 Å². The van der Waals surface area contributed by atoms with Crippen LogP contribution in [0.5, 0.6) is 0 Å². The maximum Gasteiger partial charge on any atom is 0.251 e. The molecular weight excluding hydrogens is 316 g/mol. The highest BCUT2D eigenvalue weighted by Crippen LogP contribution is 2.12. The number of anilines is 2. The van der Waals surface area contributed by atoms with Crippen LogP contribution in [0.4, 0.5) is 11.4 Å². The predicted octanol–water partition coefficient (Wildman–Crippen LogP) is 3.72. The van der Waals surface area contributed by atoms with Crippen molar-refractivity contribution in [2.24, 2.45) is 0 Å². The third kappa shape index (κ3) is 5.42. The van der Waals surface area contributed by atoms with Crippen LogP contribution >= 0.6 is 0 Å². The standard InChI is InChI=1S/C20H20N2O3/c1-13-4-8-18(9-5-13)22-20(25)14(2)12-19(24)21-17-10-6-16(7-11-17)15(3)23/h4-12H,1-3H3,(H,21,24)(H,22,25)/b14-12-. The van der Waals surface area contributed by atoms with Crippen LogP contribution in [0.3, 0.4) is 0 Å². The van der Waals surface area contributed by atoms with Gasteiger partial charge in [0.1, 0.15) is 0 Å². The summed E-state index contributed by atoms with van der Waals surface area (Å²) in [6, 6.07) is 14.0. The van der Waals surface area contributed by atoms with Gasteiger partial charge < -0.3 is 10.6 Å². The molecule has 2 aromatic carbocycles. The van der Waals surface area contributed by atoms with Crippen molar-refractivity contribution in [3.05, 3.63) is 71.3 Å². The summed E-state index contributed by atoms with van der Waals surface area (Å²) in [6.07, 6.45) is 1.24. The first-order valence-corrected chi connectivity index (χ1v) is 7.83. The highest BCUT2D eigenvalue weighted by Gasteiger charge is 2.08. The van der Waals surface area contributed by atoms with Gasteiger partial charge >= 0.3 is 0 Å². The molecule has 0 fully saturated rings. The van der Waals surface area contributed by atoms with Crippen LogP contribution in [0.25, 0.3) is 0 Å². The molecule has 0 saturated heterocycles. The summed E-state index contributed by atoms with van der Waals surface area (Å²) in [7, 11) is 0. The number of nitrogens with one attached hydrogen (secondary N) is 2. The van der Waals surface area contributed by atoms with E-state index >= 15 is 0 Å². The fraction of sp³-hybridized carbons (Fsp3) is 0.150. The van der Waals surface area contributed by atoms with Crippen LogP contribution in [-0.4, -0.2) is 17.6 Å². The Balaban J connectivity index is 1.97. The molecule has 5 nitrogen and oxygen atoms in total. The Morgan fingerprint density at radius 1 is 0.800 bits per heavy atom. The summed E-state index contributed by atoms with van der Waals surface area (Å²) in [5, 5.41) is 5.39. The topological polar surface area (TPSA) is 75.3 Å². The zero-order valence-corrected chi connectivity index (χ0v) is 14.4. The van der Waals surface area contributed by atoms with Gasteiger partial charge in [-0.3, -0.25) is 14.4 Å². The molecule has 5 heteroatoms. The highest BCUT2D eigenvalue weighted by atomic mass is 16.2. The molecule has 2 N–H and O–H groups in total. The zero-order chi connectivity index (χ0) is 18.4. The fourth-order valence-electron chi connectivity index (χ4n) is 2.10. The third-order valence-electron chi connectivity index (χ3n) is 3.57.